The van der Waals surface area contributed by atoms with Crippen LogP contribution in [0.1, 0.15) is 12.8 Å². The van der Waals surface area contributed by atoms with Crippen molar-refractivity contribution in [2.75, 3.05) is 12.0 Å². The topological polar surface area (TPSA) is 43.4 Å². The fourth-order valence-corrected chi connectivity index (χ4v) is 2.89. The molecule has 1 aliphatic rings. The van der Waals surface area contributed by atoms with E-state index in [9.17, 15) is 8.42 Å². The Bertz CT molecular complexity index is 191. The first kappa shape index (κ1) is 8.36. The van der Waals surface area contributed by atoms with Crippen LogP contribution >= 0.6 is 11.8 Å². The average molecular weight is 182 g/mol. The van der Waals surface area contributed by atoms with E-state index in [-0.39, 0.29) is 5.44 Å². The molecule has 0 amide bonds. The zero-order valence-electron chi connectivity index (χ0n) is 5.74. The Balaban J connectivity index is 2.38. The summed E-state index contributed by atoms with van der Waals surface area (Å²) in [6.07, 6.45) is 3.01. The average Bonchev–Trinajstić information content (AvgIpc) is 2.12. The summed E-state index contributed by atoms with van der Waals surface area (Å²) in [4.78, 5) is 0. The molecule has 0 spiro atoms. The van der Waals surface area contributed by atoms with Crippen molar-refractivity contribution in [1.29, 1.82) is 0 Å². The van der Waals surface area contributed by atoms with Gasteiger partial charge in [0.15, 0.2) is 0 Å². The molecule has 0 aromatic heterocycles. The van der Waals surface area contributed by atoms with Crippen LogP contribution in [0.5, 0.6) is 0 Å². The van der Waals surface area contributed by atoms with Crippen molar-refractivity contribution in [3.05, 3.63) is 0 Å². The van der Waals surface area contributed by atoms with Crippen LogP contribution in [0.2, 0.25) is 0 Å². The monoisotopic (exact) mass is 182 g/mol. The number of thioether (sulfide) groups is 1. The van der Waals surface area contributed by atoms with Gasteiger partial charge in [0.1, 0.15) is 5.44 Å². The van der Waals surface area contributed by atoms with E-state index in [1.165, 1.54) is 0 Å². The molecular weight excluding hydrogens is 172 g/mol. The molecule has 0 saturated carbocycles. The Morgan fingerprint density at radius 3 is 2.70 bits per heavy atom. The highest BCUT2D eigenvalue weighted by Crippen LogP contribution is 2.27. The molecule has 0 unspecified atom stereocenters. The lowest BCUT2D eigenvalue weighted by molar-refractivity contribution is 0.291. The Morgan fingerprint density at radius 1 is 1.60 bits per heavy atom. The Morgan fingerprint density at radius 2 is 2.30 bits per heavy atom. The third-order valence-corrected chi connectivity index (χ3v) is 3.10. The van der Waals surface area contributed by atoms with Crippen molar-refractivity contribution in [2.24, 2.45) is 0 Å². The van der Waals surface area contributed by atoms with Crippen molar-refractivity contribution >= 4 is 21.9 Å². The van der Waals surface area contributed by atoms with E-state index in [1.807, 2.05) is 0 Å². The second kappa shape index (κ2) is 3.11. The van der Waals surface area contributed by atoms with Crippen LogP contribution < -0.4 is 0 Å². The molecule has 0 aromatic carbocycles. The highest BCUT2D eigenvalue weighted by Gasteiger charge is 2.20. The van der Waals surface area contributed by atoms with Gasteiger partial charge in [-0.25, -0.2) is 0 Å². The van der Waals surface area contributed by atoms with E-state index in [1.54, 1.807) is 11.8 Å². The molecule has 0 aliphatic carbocycles. The summed E-state index contributed by atoms with van der Waals surface area (Å²) in [5.74, 6) is 1.01. The van der Waals surface area contributed by atoms with Crippen LogP contribution in [0.3, 0.4) is 0 Å². The van der Waals surface area contributed by atoms with Gasteiger partial charge in [-0.1, -0.05) is 0 Å². The summed E-state index contributed by atoms with van der Waals surface area (Å²) in [5, 5.41) is 0. The molecule has 1 rings (SSSR count). The molecule has 1 saturated heterocycles. The summed E-state index contributed by atoms with van der Waals surface area (Å²) in [6, 6.07) is 0. The molecule has 1 atom stereocenters. The van der Waals surface area contributed by atoms with Crippen molar-refractivity contribution < 1.29 is 12.6 Å². The Kier molecular flexibility index (Phi) is 2.60. The standard InChI is InChI=1S/C5H10O3S2/c1-10(6,7)8-5-3-2-4-9-5/h5H,2-4H2,1H3/t5-/m1/s1. The van der Waals surface area contributed by atoms with Crippen molar-refractivity contribution in [2.45, 2.75) is 18.3 Å². The molecule has 0 bridgehead atoms. The van der Waals surface area contributed by atoms with Gasteiger partial charge in [-0.2, -0.15) is 8.42 Å². The zero-order chi connectivity index (χ0) is 7.61. The molecule has 5 heteroatoms. The van der Waals surface area contributed by atoms with Crippen molar-refractivity contribution in [1.82, 2.24) is 0 Å². The fourth-order valence-electron chi connectivity index (χ4n) is 0.819. The van der Waals surface area contributed by atoms with Gasteiger partial charge in [0, 0.05) is 0 Å². The zero-order valence-corrected chi connectivity index (χ0v) is 7.37. The molecule has 3 nitrogen and oxygen atoms in total. The van der Waals surface area contributed by atoms with Gasteiger partial charge >= 0.3 is 0 Å². The summed E-state index contributed by atoms with van der Waals surface area (Å²) in [5.41, 5.74) is -0.116. The van der Waals surface area contributed by atoms with Crippen LogP contribution in [0.25, 0.3) is 0 Å². The highest BCUT2D eigenvalue weighted by atomic mass is 32.2. The van der Waals surface area contributed by atoms with Gasteiger partial charge in [0.2, 0.25) is 0 Å². The second-order valence-corrected chi connectivity index (χ2v) is 5.11. The van der Waals surface area contributed by atoms with E-state index < -0.39 is 10.1 Å². The van der Waals surface area contributed by atoms with E-state index >= 15 is 0 Å². The van der Waals surface area contributed by atoms with Crippen LogP contribution in [-0.2, 0) is 14.3 Å². The first-order chi connectivity index (χ1) is 4.58. The lowest BCUT2D eigenvalue weighted by atomic mass is 10.4. The van der Waals surface area contributed by atoms with E-state index in [2.05, 4.69) is 0 Å². The second-order valence-electron chi connectivity index (χ2n) is 2.24. The molecular formula is C5H10O3S2. The first-order valence-corrected chi connectivity index (χ1v) is 5.94. The number of rotatable bonds is 2. The number of hydrogen-bond acceptors (Lipinski definition) is 4. The maximum Gasteiger partial charge on any atom is 0.265 e. The van der Waals surface area contributed by atoms with Gasteiger partial charge in [0.25, 0.3) is 10.1 Å². The summed E-state index contributed by atoms with van der Waals surface area (Å²) >= 11 is 1.57. The summed E-state index contributed by atoms with van der Waals surface area (Å²) in [6.45, 7) is 0. The molecule has 10 heavy (non-hydrogen) atoms. The van der Waals surface area contributed by atoms with E-state index in [0.717, 1.165) is 24.9 Å². The quantitative estimate of drug-likeness (QED) is 0.593. The molecule has 0 N–H and O–H groups in total. The normalized spacial score (nSPS) is 27.1. The summed E-state index contributed by atoms with van der Waals surface area (Å²) < 4.78 is 25.8. The van der Waals surface area contributed by atoms with Gasteiger partial charge in [-0.3, -0.25) is 4.18 Å². The number of hydrogen-bond donors (Lipinski definition) is 0. The van der Waals surface area contributed by atoms with Gasteiger partial charge in [-0.05, 0) is 18.6 Å². The third kappa shape index (κ3) is 2.90. The van der Waals surface area contributed by atoms with E-state index in [4.69, 9.17) is 4.18 Å². The summed E-state index contributed by atoms with van der Waals surface area (Å²) in [7, 11) is -3.23. The smallest absolute Gasteiger partial charge is 0.256 e. The SMILES string of the molecule is CS(=O)(=O)O[C@H]1CCCS1. The van der Waals surface area contributed by atoms with Crippen LogP contribution in [0.15, 0.2) is 0 Å². The predicted octanol–water partition coefficient (Wildman–Crippen LogP) is 0.816. The third-order valence-electron chi connectivity index (χ3n) is 1.17. The Hall–Kier alpha value is 0.260. The molecule has 0 aromatic rings. The minimum Gasteiger partial charge on any atom is -0.256 e. The molecule has 1 fully saturated rings. The largest absolute Gasteiger partial charge is 0.265 e. The maximum atomic E-state index is 10.6. The Labute approximate surface area is 65.3 Å². The molecule has 60 valence electrons. The molecule has 1 heterocycles. The lowest BCUT2D eigenvalue weighted by Gasteiger charge is -2.05. The predicted molar refractivity (Wildman–Crippen MR) is 41.4 cm³/mol. The first-order valence-electron chi connectivity index (χ1n) is 3.08. The molecule has 0 radical (unpaired) electrons. The van der Waals surface area contributed by atoms with Gasteiger partial charge in [0.05, 0.1) is 6.26 Å². The minimum absolute atomic E-state index is 0.116. The maximum absolute atomic E-state index is 10.6. The van der Waals surface area contributed by atoms with Crippen molar-refractivity contribution in [3.63, 3.8) is 0 Å². The lowest BCUT2D eigenvalue weighted by Crippen LogP contribution is -2.10. The van der Waals surface area contributed by atoms with Crippen LogP contribution in [0, 0.1) is 0 Å². The van der Waals surface area contributed by atoms with Crippen molar-refractivity contribution in [3.8, 4) is 0 Å². The minimum atomic E-state index is -3.23. The van der Waals surface area contributed by atoms with Gasteiger partial charge in [-0.15, -0.1) is 11.8 Å². The highest BCUT2D eigenvalue weighted by molar-refractivity contribution is 8.00. The van der Waals surface area contributed by atoms with Crippen LogP contribution in [0.4, 0.5) is 0 Å². The van der Waals surface area contributed by atoms with Crippen LogP contribution in [-0.4, -0.2) is 25.9 Å². The fraction of sp³-hybridized carbons (Fsp3) is 1.00. The molecule has 1 aliphatic heterocycles. The van der Waals surface area contributed by atoms with Gasteiger partial charge < -0.3 is 0 Å². The van der Waals surface area contributed by atoms with E-state index in [0.29, 0.717) is 0 Å².